The molecule has 30 heavy (non-hydrogen) atoms. The molecule has 3 aromatic rings. The van der Waals surface area contributed by atoms with Gasteiger partial charge in [0.15, 0.2) is 11.5 Å². The molecule has 0 radical (unpaired) electrons. The second-order valence-electron chi connectivity index (χ2n) is 7.12. The minimum Gasteiger partial charge on any atom is -0.335 e. The Morgan fingerprint density at radius 3 is 2.67 bits per heavy atom. The number of nitrogens with one attached hydrogen (secondary N) is 1. The molecule has 156 valence electrons. The summed E-state index contributed by atoms with van der Waals surface area (Å²) in [7, 11) is 0. The van der Waals surface area contributed by atoms with E-state index in [4.69, 9.17) is 0 Å². The van der Waals surface area contributed by atoms with Crippen LogP contribution in [0.2, 0.25) is 0 Å². The van der Waals surface area contributed by atoms with Crippen LogP contribution < -0.4 is 0 Å². The van der Waals surface area contributed by atoms with Crippen molar-refractivity contribution in [1.82, 2.24) is 40.0 Å². The number of non-ortho nitro benzene ring substituents is 1. The zero-order valence-electron chi connectivity index (χ0n) is 16.6. The molecule has 1 aliphatic rings. The van der Waals surface area contributed by atoms with Gasteiger partial charge in [0.25, 0.3) is 11.6 Å². The predicted molar refractivity (Wildman–Crippen MR) is 105 cm³/mol. The van der Waals surface area contributed by atoms with Crippen molar-refractivity contribution in [2.24, 2.45) is 0 Å². The fraction of sp³-hybridized carbons (Fsp3) is 0.389. The van der Waals surface area contributed by atoms with Crippen LogP contribution in [0.25, 0.3) is 5.69 Å². The van der Waals surface area contributed by atoms with E-state index in [1.54, 1.807) is 24.0 Å². The lowest BCUT2D eigenvalue weighted by atomic mass is 10.2. The summed E-state index contributed by atoms with van der Waals surface area (Å²) in [5.74, 6) is 1.32. The maximum absolute atomic E-state index is 13.0. The van der Waals surface area contributed by atoms with E-state index < -0.39 is 4.92 Å². The number of hydrogen-bond donors (Lipinski definition) is 1. The van der Waals surface area contributed by atoms with Gasteiger partial charge in [-0.15, -0.1) is 5.10 Å². The third-order valence-corrected chi connectivity index (χ3v) is 5.05. The summed E-state index contributed by atoms with van der Waals surface area (Å²) in [4.78, 5) is 31.8. The van der Waals surface area contributed by atoms with Gasteiger partial charge in [-0.05, 0) is 19.9 Å². The number of carbonyl (C=O) groups excluding carboxylic acids is 1. The molecule has 1 fully saturated rings. The van der Waals surface area contributed by atoms with E-state index in [1.807, 2.05) is 6.92 Å². The standard InChI is InChI=1S/C18H21N9O3/c1-12-17(22-23-26(12)14-4-3-5-15(10-14)27(29)30)18(28)25-8-6-24(7-9-25)11-16-19-13(2)20-21-16/h3-5,10H,6-9,11H2,1-2H3,(H,19,20,21). The van der Waals surface area contributed by atoms with Gasteiger partial charge in [0.05, 0.1) is 22.8 Å². The van der Waals surface area contributed by atoms with Crippen LogP contribution in [0.5, 0.6) is 0 Å². The maximum Gasteiger partial charge on any atom is 0.276 e. The molecule has 2 aromatic heterocycles. The van der Waals surface area contributed by atoms with Crippen LogP contribution in [-0.4, -0.2) is 77.0 Å². The van der Waals surface area contributed by atoms with Gasteiger partial charge in [-0.25, -0.2) is 9.67 Å². The molecule has 1 N–H and O–H groups in total. The SMILES string of the molecule is Cc1nc(CN2CCN(C(=O)c3nnn(-c4cccc([N+](=O)[O-])c4)c3C)CC2)n[nH]1. The molecule has 4 rings (SSSR count). The number of amides is 1. The van der Waals surface area contributed by atoms with Gasteiger partial charge >= 0.3 is 0 Å². The van der Waals surface area contributed by atoms with Crippen molar-refractivity contribution < 1.29 is 9.72 Å². The Bertz CT molecular complexity index is 1080. The van der Waals surface area contributed by atoms with Crippen molar-refractivity contribution in [1.29, 1.82) is 0 Å². The van der Waals surface area contributed by atoms with Crippen molar-refractivity contribution in [3.8, 4) is 5.69 Å². The lowest BCUT2D eigenvalue weighted by Crippen LogP contribution is -2.48. The minimum atomic E-state index is -0.471. The third-order valence-electron chi connectivity index (χ3n) is 5.05. The fourth-order valence-corrected chi connectivity index (χ4v) is 3.43. The van der Waals surface area contributed by atoms with Crippen molar-refractivity contribution in [2.75, 3.05) is 26.2 Å². The van der Waals surface area contributed by atoms with E-state index in [0.29, 0.717) is 44.1 Å². The first kappa shape index (κ1) is 19.6. The van der Waals surface area contributed by atoms with E-state index in [2.05, 4.69) is 30.4 Å². The van der Waals surface area contributed by atoms with Crippen molar-refractivity contribution in [3.05, 3.63) is 57.4 Å². The number of aryl methyl sites for hydroxylation is 1. The number of hydrogen-bond acceptors (Lipinski definition) is 8. The summed E-state index contributed by atoms with van der Waals surface area (Å²) in [6.07, 6.45) is 0. The number of H-pyrrole nitrogens is 1. The number of rotatable bonds is 5. The lowest BCUT2D eigenvalue weighted by molar-refractivity contribution is -0.384. The summed E-state index contributed by atoms with van der Waals surface area (Å²) in [5, 5.41) is 26.1. The van der Waals surface area contributed by atoms with Crippen LogP contribution in [0, 0.1) is 24.0 Å². The number of nitrogens with zero attached hydrogens (tertiary/aromatic N) is 8. The van der Waals surface area contributed by atoms with Gasteiger partial charge < -0.3 is 4.90 Å². The second-order valence-corrected chi connectivity index (χ2v) is 7.12. The van der Waals surface area contributed by atoms with Gasteiger partial charge in [0, 0.05) is 38.3 Å². The Kier molecular flexibility index (Phi) is 5.23. The number of piperazine rings is 1. The highest BCUT2D eigenvalue weighted by Crippen LogP contribution is 2.19. The van der Waals surface area contributed by atoms with Gasteiger partial charge in [-0.3, -0.25) is 24.9 Å². The normalized spacial score (nSPS) is 14.8. The van der Waals surface area contributed by atoms with Crippen LogP contribution in [0.3, 0.4) is 0 Å². The Morgan fingerprint density at radius 1 is 1.23 bits per heavy atom. The predicted octanol–water partition coefficient (Wildman–Crippen LogP) is 0.868. The Labute approximate surface area is 171 Å². The van der Waals surface area contributed by atoms with Gasteiger partial charge in [0.1, 0.15) is 5.82 Å². The molecule has 0 aliphatic carbocycles. The first-order chi connectivity index (χ1) is 14.4. The second kappa shape index (κ2) is 7.99. The number of aromatic nitrogens is 6. The van der Waals surface area contributed by atoms with Crippen LogP contribution in [-0.2, 0) is 6.54 Å². The molecule has 12 heteroatoms. The molecule has 1 saturated heterocycles. The third kappa shape index (κ3) is 3.89. The molecule has 0 atom stereocenters. The van der Waals surface area contributed by atoms with E-state index in [0.717, 1.165) is 11.6 Å². The van der Waals surface area contributed by atoms with E-state index in [9.17, 15) is 14.9 Å². The van der Waals surface area contributed by atoms with Crippen LogP contribution in [0.15, 0.2) is 24.3 Å². The zero-order valence-corrected chi connectivity index (χ0v) is 16.6. The van der Waals surface area contributed by atoms with E-state index >= 15 is 0 Å². The summed E-state index contributed by atoms with van der Waals surface area (Å²) in [5.41, 5.74) is 1.23. The summed E-state index contributed by atoms with van der Waals surface area (Å²) >= 11 is 0. The minimum absolute atomic E-state index is 0.0482. The fourth-order valence-electron chi connectivity index (χ4n) is 3.43. The molecule has 1 aromatic carbocycles. The van der Waals surface area contributed by atoms with Crippen LogP contribution in [0.1, 0.15) is 27.8 Å². The molecular formula is C18H21N9O3. The average Bonchev–Trinajstić information content (AvgIpc) is 3.33. The smallest absolute Gasteiger partial charge is 0.276 e. The number of nitro groups is 1. The maximum atomic E-state index is 13.0. The van der Waals surface area contributed by atoms with Crippen molar-refractivity contribution in [3.63, 3.8) is 0 Å². The zero-order chi connectivity index (χ0) is 21.3. The number of carbonyl (C=O) groups is 1. The van der Waals surface area contributed by atoms with Crippen molar-refractivity contribution in [2.45, 2.75) is 20.4 Å². The van der Waals surface area contributed by atoms with E-state index in [-0.39, 0.29) is 17.3 Å². The summed E-state index contributed by atoms with van der Waals surface area (Å²) < 4.78 is 1.45. The topological polar surface area (TPSA) is 139 Å². The van der Waals surface area contributed by atoms with Gasteiger partial charge in [0.2, 0.25) is 0 Å². The monoisotopic (exact) mass is 411 g/mol. The largest absolute Gasteiger partial charge is 0.335 e. The highest BCUT2D eigenvalue weighted by Gasteiger charge is 2.27. The Hall–Kier alpha value is -3.67. The molecule has 12 nitrogen and oxygen atoms in total. The molecule has 3 heterocycles. The summed E-state index contributed by atoms with van der Waals surface area (Å²) in [6.45, 7) is 6.75. The molecular weight excluding hydrogens is 390 g/mol. The van der Waals surface area contributed by atoms with E-state index in [1.165, 1.54) is 16.8 Å². The highest BCUT2D eigenvalue weighted by atomic mass is 16.6. The average molecular weight is 411 g/mol. The number of nitro benzene ring substituents is 1. The molecule has 0 bridgehead atoms. The highest BCUT2D eigenvalue weighted by molar-refractivity contribution is 5.93. The molecule has 0 saturated carbocycles. The quantitative estimate of drug-likeness (QED) is 0.482. The van der Waals surface area contributed by atoms with Crippen molar-refractivity contribution >= 4 is 11.6 Å². The lowest BCUT2D eigenvalue weighted by Gasteiger charge is -2.33. The first-order valence-corrected chi connectivity index (χ1v) is 9.49. The number of aromatic amines is 1. The van der Waals surface area contributed by atoms with Crippen LogP contribution >= 0.6 is 0 Å². The Balaban J connectivity index is 1.43. The van der Waals surface area contributed by atoms with Crippen LogP contribution in [0.4, 0.5) is 5.69 Å². The van der Waals surface area contributed by atoms with Gasteiger partial charge in [-0.2, -0.15) is 5.10 Å². The molecule has 1 amide bonds. The molecule has 1 aliphatic heterocycles. The summed E-state index contributed by atoms with van der Waals surface area (Å²) in [6, 6.07) is 6.07. The van der Waals surface area contributed by atoms with Gasteiger partial charge in [-0.1, -0.05) is 11.3 Å². The molecule has 0 unspecified atom stereocenters. The number of benzene rings is 1. The first-order valence-electron chi connectivity index (χ1n) is 9.49. The molecule has 0 spiro atoms. The Morgan fingerprint density at radius 2 is 2.00 bits per heavy atom.